The molecule has 1 atom stereocenters. The molecular formula is C11H8N2OS. The van der Waals surface area contributed by atoms with Crippen molar-refractivity contribution in [3.63, 3.8) is 0 Å². The molecule has 0 saturated carbocycles. The van der Waals surface area contributed by atoms with E-state index in [0.717, 1.165) is 16.8 Å². The minimum absolute atomic E-state index is 0.0212. The van der Waals surface area contributed by atoms with Crippen LogP contribution in [0.4, 0.5) is 0 Å². The molecule has 2 aromatic rings. The minimum atomic E-state index is -0.443. The lowest BCUT2D eigenvalue weighted by atomic mass is 9.96. The third kappa shape index (κ3) is 1.07. The summed E-state index contributed by atoms with van der Waals surface area (Å²) in [6.45, 7) is 0.777. The van der Waals surface area contributed by atoms with Crippen LogP contribution >= 0.6 is 11.3 Å². The summed E-state index contributed by atoms with van der Waals surface area (Å²) in [5.41, 5.74) is 1.83. The number of carbonyl (C=O) groups excluding carboxylic acids is 1. The highest BCUT2D eigenvalue weighted by Crippen LogP contribution is 2.30. The van der Waals surface area contributed by atoms with E-state index in [-0.39, 0.29) is 5.78 Å². The Morgan fingerprint density at radius 1 is 1.60 bits per heavy atom. The Labute approximate surface area is 90.5 Å². The smallest absolute Gasteiger partial charge is 0.196 e. The highest BCUT2D eigenvalue weighted by atomic mass is 32.1. The second-order valence-electron chi connectivity index (χ2n) is 3.69. The van der Waals surface area contributed by atoms with Crippen molar-refractivity contribution in [3.05, 3.63) is 23.2 Å². The molecule has 0 saturated heterocycles. The second kappa shape index (κ2) is 2.94. The zero-order chi connectivity index (χ0) is 10.4. The molecule has 0 fully saturated rings. The molecule has 0 amide bonds. The van der Waals surface area contributed by atoms with Crippen LogP contribution in [0.5, 0.6) is 0 Å². The lowest BCUT2D eigenvalue weighted by Crippen LogP contribution is -2.24. The summed E-state index contributed by atoms with van der Waals surface area (Å²) in [6, 6.07) is 6.01. The van der Waals surface area contributed by atoms with Crippen molar-refractivity contribution in [2.45, 2.75) is 13.0 Å². The van der Waals surface area contributed by atoms with Crippen molar-refractivity contribution >= 4 is 27.3 Å². The van der Waals surface area contributed by atoms with Crippen LogP contribution in [-0.2, 0) is 6.54 Å². The Bertz CT molecular complexity index is 587. The first kappa shape index (κ1) is 8.69. The van der Waals surface area contributed by atoms with E-state index in [4.69, 9.17) is 5.26 Å². The first-order valence-electron chi connectivity index (χ1n) is 4.82. The molecule has 4 heteroatoms. The van der Waals surface area contributed by atoms with Crippen LogP contribution in [0, 0.1) is 17.2 Å². The third-order valence-corrected chi connectivity index (χ3v) is 3.74. The summed E-state index contributed by atoms with van der Waals surface area (Å²) < 4.78 is 3.17. The number of Topliss-reactive ketones (excluding diaryl/α,β-unsaturated/α-hetero) is 1. The predicted octanol–water partition coefficient (Wildman–Crippen LogP) is 2.43. The topological polar surface area (TPSA) is 45.8 Å². The van der Waals surface area contributed by atoms with Gasteiger partial charge in [0.15, 0.2) is 5.78 Å². The average Bonchev–Trinajstić information content (AvgIpc) is 2.79. The molecule has 15 heavy (non-hydrogen) atoms. The van der Waals surface area contributed by atoms with Crippen molar-refractivity contribution in [3.8, 4) is 6.07 Å². The lowest BCUT2D eigenvalue weighted by Gasteiger charge is -2.18. The van der Waals surface area contributed by atoms with Gasteiger partial charge in [-0.25, -0.2) is 0 Å². The van der Waals surface area contributed by atoms with E-state index in [0.29, 0.717) is 12.1 Å². The minimum Gasteiger partial charge on any atom is -0.337 e. The van der Waals surface area contributed by atoms with Crippen molar-refractivity contribution in [2.75, 3.05) is 0 Å². The van der Waals surface area contributed by atoms with Crippen molar-refractivity contribution in [1.29, 1.82) is 5.26 Å². The van der Waals surface area contributed by atoms with Crippen LogP contribution in [0.25, 0.3) is 10.2 Å². The molecule has 1 aliphatic rings. The quantitative estimate of drug-likeness (QED) is 0.679. The molecule has 3 rings (SSSR count). The van der Waals surface area contributed by atoms with Gasteiger partial charge in [-0.2, -0.15) is 5.26 Å². The van der Waals surface area contributed by atoms with E-state index in [1.807, 2.05) is 22.1 Å². The van der Waals surface area contributed by atoms with Gasteiger partial charge in [-0.1, -0.05) is 0 Å². The van der Waals surface area contributed by atoms with Crippen LogP contribution in [-0.4, -0.2) is 10.4 Å². The van der Waals surface area contributed by atoms with E-state index >= 15 is 0 Å². The van der Waals surface area contributed by atoms with Gasteiger partial charge >= 0.3 is 0 Å². The molecular weight excluding hydrogens is 208 g/mol. The molecule has 3 nitrogen and oxygen atoms in total. The van der Waals surface area contributed by atoms with Crippen molar-refractivity contribution in [1.82, 2.24) is 4.57 Å². The number of ketones is 1. The monoisotopic (exact) mass is 216 g/mol. The standard InChI is InChI=1S/C11H8N2OS/c12-6-7-1-3-13-8-2-4-15-10(8)5-9(13)11(7)14/h2,4-5,7H,1,3H2/t7-/m1/s1. The first-order chi connectivity index (χ1) is 7.31. The molecule has 0 aromatic carbocycles. The molecule has 0 bridgehead atoms. The summed E-state index contributed by atoms with van der Waals surface area (Å²) in [4.78, 5) is 11.9. The summed E-state index contributed by atoms with van der Waals surface area (Å²) in [5.74, 6) is -0.464. The van der Waals surface area contributed by atoms with Gasteiger partial charge in [0.25, 0.3) is 0 Å². The fourth-order valence-corrected chi connectivity index (χ4v) is 2.94. The van der Waals surface area contributed by atoms with Gasteiger partial charge in [0, 0.05) is 6.54 Å². The lowest BCUT2D eigenvalue weighted by molar-refractivity contribution is 0.0915. The van der Waals surface area contributed by atoms with Gasteiger partial charge in [-0.3, -0.25) is 4.79 Å². The van der Waals surface area contributed by atoms with Gasteiger partial charge in [-0.05, 0) is 23.9 Å². The molecule has 0 aliphatic carbocycles. The fraction of sp³-hybridized carbons (Fsp3) is 0.273. The molecule has 1 aliphatic heterocycles. The number of fused-ring (bicyclic) bond motifs is 3. The predicted molar refractivity (Wildman–Crippen MR) is 57.9 cm³/mol. The second-order valence-corrected chi connectivity index (χ2v) is 4.63. The van der Waals surface area contributed by atoms with Crippen LogP contribution in [0.2, 0.25) is 0 Å². The van der Waals surface area contributed by atoms with Gasteiger partial charge in [0.05, 0.1) is 22.0 Å². The number of rotatable bonds is 0. The maximum atomic E-state index is 11.9. The largest absolute Gasteiger partial charge is 0.337 e. The Hall–Kier alpha value is -1.60. The zero-order valence-electron chi connectivity index (χ0n) is 7.93. The number of thiophene rings is 1. The highest BCUT2D eigenvalue weighted by Gasteiger charge is 2.28. The number of hydrogen-bond donors (Lipinski definition) is 0. The van der Waals surface area contributed by atoms with Gasteiger partial charge in [-0.15, -0.1) is 11.3 Å². The molecule has 3 heterocycles. The van der Waals surface area contributed by atoms with Crippen molar-refractivity contribution < 1.29 is 4.79 Å². The van der Waals surface area contributed by atoms with E-state index in [1.54, 1.807) is 11.3 Å². The summed E-state index contributed by atoms with van der Waals surface area (Å²) in [7, 11) is 0. The number of hydrogen-bond acceptors (Lipinski definition) is 3. The maximum absolute atomic E-state index is 11.9. The molecule has 74 valence electrons. The summed E-state index contributed by atoms with van der Waals surface area (Å²) in [6.07, 6.45) is 0.641. The number of carbonyl (C=O) groups is 1. The van der Waals surface area contributed by atoms with Crippen LogP contribution in [0.3, 0.4) is 0 Å². The van der Waals surface area contributed by atoms with E-state index < -0.39 is 5.92 Å². The van der Waals surface area contributed by atoms with Crippen LogP contribution in [0.1, 0.15) is 16.9 Å². The van der Waals surface area contributed by atoms with E-state index in [2.05, 4.69) is 6.07 Å². The third-order valence-electron chi connectivity index (χ3n) is 2.89. The van der Waals surface area contributed by atoms with Gasteiger partial charge in [0.1, 0.15) is 5.92 Å². The Morgan fingerprint density at radius 3 is 3.27 bits per heavy atom. The van der Waals surface area contributed by atoms with Gasteiger partial charge < -0.3 is 4.57 Å². The van der Waals surface area contributed by atoms with E-state index in [1.165, 1.54) is 0 Å². The Balaban J connectivity index is 2.24. The van der Waals surface area contributed by atoms with Crippen molar-refractivity contribution in [2.24, 2.45) is 5.92 Å². The number of aryl methyl sites for hydroxylation is 1. The molecule has 0 unspecified atom stereocenters. The van der Waals surface area contributed by atoms with Crippen LogP contribution in [0.15, 0.2) is 17.5 Å². The Kier molecular flexibility index (Phi) is 1.70. The van der Waals surface area contributed by atoms with E-state index in [9.17, 15) is 4.79 Å². The number of aromatic nitrogens is 1. The summed E-state index contributed by atoms with van der Waals surface area (Å²) >= 11 is 1.64. The normalized spacial score (nSPS) is 20.2. The number of nitrogens with zero attached hydrogens (tertiary/aromatic N) is 2. The summed E-state index contributed by atoms with van der Waals surface area (Å²) in [5, 5.41) is 10.9. The Morgan fingerprint density at radius 2 is 2.47 bits per heavy atom. The highest BCUT2D eigenvalue weighted by molar-refractivity contribution is 7.17. The zero-order valence-corrected chi connectivity index (χ0v) is 8.75. The average molecular weight is 216 g/mol. The maximum Gasteiger partial charge on any atom is 0.196 e. The van der Waals surface area contributed by atoms with Crippen LogP contribution < -0.4 is 0 Å². The SMILES string of the molecule is N#C[C@H]1CCn2c(cc3sccc32)C1=O. The molecule has 0 spiro atoms. The first-order valence-corrected chi connectivity index (χ1v) is 5.70. The molecule has 0 radical (unpaired) electrons. The molecule has 2 aromatic heterocycles. The number of nitriles is 1. The van der Waals surface area contributed by atoms with Gasteiger partial charge in [0.2, 0.25) is 0 Å². The molecule has 0 N–H and O–H groups in total. The fourth-order valence-electron chi connectivity index (χ4n) is 2.11.